The quantitative estimate of drug-likeness (QED) is 0.862. The van der Waals surface area contributed by atoms with Crippen LogP contribution in [0.5, 0.6) is 0 Å². The third kappa shape index (κ3) is 2.11. The lowest BCUT2D eigenvalue weighted by Crippen LogP contribution is -2.07. The standard InChI is InChI=1S/C10H11F2N3O/c11-10(12)15-4-2-13-9(15)6-14-3-1-8(5-14)7-16/h1-5,10,16H,6-7H2. The molecule has 0 spiro atoms. The summed E-state index contributed by atoms with van der Waals surface area (Å²) in [5.74, 6) is 0.287. The first-order chi connectivity index (χ1) is 7.70. The molecule has 16 heavy (non-hydrogen) atoms. The molecule has 0 saturated heterocycles. The number of hydrogen-bond donors (Lipinski definition) is 1. The van der Waals surface area contributed by atoms with Crippen molar-refractivity contribution in [1.82, 2.24) is 14.1 Å². The molecule has 0 bridgehead atoms. The summed E-state index contributed by atoms with van der Waals surface area (Å²) in [5, 5.41) is 8.87. The van der Waals surface area contributed by atoms with Gasteiger partial charge in [0.2, 0.25) is 0 Å². The molecule has 0 atom stereocenters. The molecule has 4 nitrogen and oxygen atoms in total. The number of halogens is 2. The van der Waals surface area contributed by atoms with Crippen LogP contribution in [0.4, 0.5) is 8.78 Å². The van der Waals surface area contributed by atoms with Gasteiger partial charge in [0.1, 0.15) is 5.82 Å². The zero-order chi connectivity index (χ0) is 11.5. The molecule has 86 valence electrons. The summed E-state index contributed by atoms with van der Waals surface area (Å²) in [5.41, 5.74) is 0.746. The molecule has 0 aliphatic heterocycles. The SMILES string of the molecule is OCc1ccn(Cc2nccn2C(F)F)c1. The summed E-state index contributed by atoms with van der Waals surface area (Å²) in [6.07, 6.45) is 6.01. The summed E-state index contributed by atoms with van der Waals surface area (Å²) >= 11 is 0. The molecular formula is C10H11F2N3O. The maximum absolute atomic E-state index is 12.5. The van der Waals surface area contributed by atoms with Crippen molar-refractivity contribution < 1.29 is 13.9 Å². The van der Waals surface area contributed by atoms with Gasteiger partial charge in [-0.15, -0.1) is 0 Å². The third-order valence-corrected chi connectivity index (χ3v) is 2.28. The summed E-state index contributed by atoms with van der Waals surface area (Å²) < 4.78 is 27.5. The molecule has 2 aromatic rings. The van der Waals surface area contributed by atoms with Crippen molar-refractivity contribution in [2.45, 2.75) is 19.7 Å². The molecule has 0 aliphatic rings. The van der Waals surface area contributed by atoms with E-state index in [1.807, 2.05) is 0 Å². The van der Waals surface area contributed by atoms with E-state index in [4.69, 9.17) is 5.11 Å². The zero-order valence-corrected chi connectivity index (χ0v) is 8.42. The van der Waals surface area contributed by atoms with Gasteiger partial charge >= 0.3 is 6.55 Å². The highest BCUT2D eigenvalue weighted by Crippen LogP contribution is 2.13. The highest BCUT2D eigenvalue weighted by atomic mass is 19.3. The van der Waals surface area contributed by atoms with Crippen LogP contribution in [0.15, 0.2) is 30.9 Å². The van der Waals surface area contributed by atoms with Gasteiger partial charge in [-0.1, -0.05) is 0 Å². The van der Waals surface area contributed by atoms with Crippen LogP contribution in [0, 0.1) is 0 Å². The van der Waals surface area contributed by atoms with Gasteiger partial charge in [0.05, 0.1) is 13.2 Å². The molecule has 0 fully saturated rings. The third-order valence-electron chi connectivity index (χ3n) is 2.28. The fourth-order valence-electron chi connectivity index (χ4n) is 1.49. The smallest absolute Gasteiger partial charge is 0.319 e. The van der Waals surface area contributed by atoms with Gasteiger partial charge in [0.15, 0.2) is 0 Å². The van der Waals surface area contributed by atoms with E-state index in [2.05, 4.69) is 4.98 Å². The van der Waals surface area contributed by atoms with Crippen molar-refractivity contribution in [3.63, 3.8) is 0 Å². The zero-order valence-electron chi connectivity index (χ0n) is 8.42. The van der Waals surface area contributed by atoms with E-state index < -0.39 is 6.55 Å². The van der Waals surface area contributed by atoms with E-state index in [0.29, 0.717) is 0 Å². The molecule has 0 unspecified atom stereocenters. The normalized spacial score (nSPS) is 11.2. The first kappa shape index (κ1) is 10.8. The second kappa shape index (κ2) is 4.44. The number of alkyl halides is 2. The predicted octanol–water partition coefficient (Wildman–Crippen LogP) is 1.62. The van der Waals surface area contributed by atoms with E-state index in [1.165, 1.54) is 12.4 Å². The van der Waals surface area contributed by atoms with E-state index in [0.717, 1.165) is 10.1 Å². The number of hydrogen-bond acceptors (Lipinski definition) is 2. The van der Waals surface area contributed by atoms with Gasteiger partial charge in [-0.3, -0.25) is 4.57 Å². The molecule has 2 rings (SSSR count). The summed E-state index contributed by atoms with van der Waals surface area (Å²) in [6.45, 7) is -2.38. The van der Waals surface area contributed by atoms with Crippen molar-refractivity contribution >= 4 is 0 Å². The Morgan fingerprint density at radius 2 is 2.19 bits per heavy atom. The van der Waals surface area contributed by atoms with E-state index in [-0.39, 0.29) is 19.0 Å². The van der Waals surface area contributed by atoms with E-state index >= 15 is 0 Å². The van der Waals surface area contributed by atoms with Crippen LogP contribution in [0.3, 0.4) is 0 Å². The van der Waals surface area contributed by atoms with Crippen molar-refractivity contribution in [2.24, 2.45) is 0 Å². The highest BCUT2D eigenvalue weighted by molar-refractivity contribution is 5.10. The van der Waals surface area contributed by atoms with Crippen LogP contribution in [0.25, 0.3) is 0 Å². The van der Waals surface area contributed by atoms with Crippen molar-refractivity contribution in [2.75, 3.05) is 0 Å². The van der Waals surface area contributed by atoms with Crippen LogP contribution in [-0.2, 0) is 13.2 Å². The van der Waals surface area contributed by atoms with Gasteiger partial charge in [-0.05, 0) is 11.6 Å². The highest BCUT2D eigenvalue weighted by Gasteiger charge is 2.11. The van der Waals surface area contributed by atoms with Gasteiger partial charge in [-0.25, -0.2) is 4.98 Å². The lowest BCUT2D eigenvalue weighted by atomic mass is 10.4. The Morgan fingerprint density at radius 1 is 1.38 bits per heavy atom. The maximum Gasteiger partial charge on any atom is 0.319 e. The lowest BCUT2D eigenvalue weighted by Gasteiger charge is -2.06. The molecule has 0 amide bonds. The Morgan fingerprint density at radius 3 is 2.81 bits per heavy atom. The average molecular weight is 227 g/mol. The number of imidazole rings is 1. The Kier molecular flexibility index (Phi) is 3.00. The molecule has 2 aromatic heterocycles. The summed E-state index contributed by atoms with van der Waals surface area (Å²) in [7, 11) is 0. The predicted molar refractivity (Wildman–Crippen MR) is 52.9 cm³/mol. The number of nitrogens with zero attached hydrogens (tertiary/aromatic N) is 3. The minimum absolute atomic E-state index is 0.0592. The molecule has 2 heterocycles. The number of aromatic nitrogens is 3. The van der Waals surface area contributed by atoms with Crippen molar-refractivity contribution in [3.8, 4) is 0 Å². The Balaban J connectivity index is 2.17. The molecule has 6 heteroatoms. The Labute approximate surface area is 90.8 Å². The van der Waals surface area contributed by atoms with Crippen molar-refractivity contribution in [1.29, 1.82) is 0 Å². The number of rotatable bonds is 4. The van der Waals surface area contributed by atoms with E-state index in [1.54, 1.807) is 23.0 Å². The molecule has 0 radical (unpaired) electrons. The van der Waals surface area contributed by atoms with Gasteiger partial charge < -0.3 is 9.67 Å². The number of aliphatic hydroxyl groups is 1. The first-order valence-corrected chi connectivity index (χ1v) is 4.76. The monoisotopic (exact) mass is 227 g/mol. The van der Waals surface area contributed by atoms with Crippen LogP contribution in [-0.4, -0.2) is 19.2 Å². The molecular weight excluding hydrogens is 216 g/mol. The molecule has 0 aromatic carbocycles. The second-order valence-corrected chi connectivity index (χ2v) is 3.38. The first-order valence-electron chi connectivity index (χ1n) is 4.76. The lowest BCUT2D eigenvalue weighted by molar-refractivity contribution is 0.0667. The van der Waals surface area contributed by atoms with Gasteiger partial charge in [-0.2, -0.15) is 8.78 Å². The summed E-state index contributed by atoms with van der Waals surface area (Å²) in [6, 6.07) is 1.73. The van der Waals surface area contributed by atoms with Gasteiger partial charge in [0.25, 0.3) is 0 Å². The summed E-state index contributed by atoms with van der Waals surface area (Å²) in [4.78, 5) is 3.87. The maximum atomic E-state index is 12.5. The largest absolute Gasteiger partial charge is 0.392 e. The molecule has 0 saturated carbocycles. The number of aliphatic hydroxyl groups excluding tert-OH is 1. The Hall–Kier alpha value is -1.69. The minimum Gasteiger partial charge on any atom is -0.392 e. The average Bonchev–Trinajstić information content (AvgIpc) is 2.87. The fourth-order valence-corrected chi connectivity index (χ4v) is 1.49. The van der Waals surface area contributed by atoms with Crippen LogP contribution in [0.2, 0.25) is 0 Å². The van der Waals surface area contributed by atoms with Crippen LogP contribution >= 0.6 is 0 Å². The van der Waals surface area contributed by atoms with E-state index in [9.17, 15) is 8.78 Å². The van der Waals surface area contributed by atoms with Gasteiger partial charge in [0, 0.05) is 24.8 Å². The van der Waals surface area contributed by atoms with Crippen LogP contribution in [0.1, 0.15) is 17.9 Å². The second-order valence-electron chi connectivity index (χ2n) is 3.38. The van der Waals surface area contributed by atoms with Crippen molar-refractivity contribution in [3.05, 3.63) is 42.2 Å². The molecule has 1 N–H and O–H groups in total. The topological polar surface area (TPSA) is 43.0 Å². The minimum atomic E-state index is -2.58. The molecule has 0 aliphatic carbocycles. The van der Waals surface area contributed by atoms with Crippen LogP contribution < -0.4 is 0 Å². The fraction of sp³-hybridized carbons (Fsp3) is 0.300. The Bertz CT molecular complexity index is 464.